The first-order chi connectivity index (χ1) is 9.22. The number of anilines is 1. The van der Waals surface area contributed by atoms with Crippen LogP contribution in [0, 0.1) is 0 Å². The van der Waals surface area contributed by atoms with Gasteiger partial charge in [-0.25, -0.2) is 9.97 Å². The van der Waals surface area contributed by atoms with Crippen LogP contribution >= 0.6 is 11.6 Å². The number of nitrogens with zero attached hydrogens (tertiary/aromatic N) is 2. The molecule has 0 bridgehead atoms. The molecule has 2 rings (SSSR count). The van der Waals surface area contributed by atoms with Crippen molar-refractivity contribution in [2.24, 2.45) is 0 Å². The number of hydrogen-bond donors (Lipinski definition) is 1. The molecule has 0 saturated heterocycles. The number of ether oxygens (including phenoxy) is 2. The maximum absolute atomic E-state index is 5.72. The summed E-state index contributed by atoms with van der Waals surface area (Å²) in [6, 6.07) is 5.64. The Morgan fingerprint density at radius 3 is 2.53 bits per heavy atom. The smallest absolute Gasteiger partial charge is 0.222 e. The second kappa shape index (κ2) is 6.24. The number of methoxy groups -OCH3 is 2. The summed E-state index contributed by atoms with van der Waals surface area (Å²) >= 11 is 5.72. The Balaban J connectivity index is 2.08. The van der Waals surface area contributed by atoms with Gasteiger partial charge in [-0.2, -0.15) is 0 Å². The van der Waals surface area contributed by atoms with Gasteiger partial charge in [-0.05, 0) is 12.1 Å². The predicted octanol–water partition coefficient (Wildman–Crippen LogP) is 2.76. The third-order valence-corrected chi connectivity index (χ3v) is 2.75. The highest BCUT2D eigenvalue weighted by molar-refractivity contribution is 6.30. The standard InChI is InChI=1S/C13H14ClN3O2/c1-18-11-4-3-9(12(5-11)19-2)6-15-13-16-7-10(14)8-17-13/h3-5,7-8H,6H2,1-2H3,(H,15,16,17). The van der Waals surface area contributed by atoms with Crippen LogP contribution in [0.2, 0.25) is 5.02 Å². The van der Waals surface area contributed by atoms with E-state index in [-0.39, 0.29) is 0 Å². The second-order valence-electron chi connectivity index (χ2n) is 3.76. The molecule has 1 aromatic heterocycles. The lowest BCUT2D eigenvalue weighted by Crippen LogP contribution is -2.04. The Morgan fingerprint density at radius 1 is 1.16 bits per heavy atom. The monoisotopic (exact) mass is 279 g/mol. The topological polar surface area (TPSA) is 56.3 Å². The molecule has 0 atom stereocenters. The molecule has 0 aliphatic heterocycles. The van der Waals surface area contributed by atoms with E-state index in [9.17, 15) is 0 Å². The van der Waals surface area contributed by atoms with Gasteiger partial charge < -0.3 is 14.8 Å². The normalized spacial score (nSPS) is 10.1. The van der Waals surface area contributed by atoms with Crippen molar-refractivity contribution in [2.45, 2.75) is 6.54 Å². The summed E-state index contributed by atoms with van der Waals surface area (Å²) in [6.45, 7) is 0.550. The Bertz CT molecular complexity index is 546. The maximum Gasteiger partial charge on any atom is 0.222 e. The first kappa shape index (κ1) is 13.4. The summed E-state index contributed by atoms with van der Waals surface area (Å²) in [6.07, 6.45) is 3.09. The van der Waals surface area contributed by atoms with Crippen LogP contribution in [-0.4, -0.2) is 24.2 Å². The van der Waals surface area contributed by atoms with Gasteiger partial charge in [0.15, 0.2) is 0 Å². The molecule has 2 aromatic rings. The Labute approximate surface area is 116 Å². The minimum absolute atomic E-state index is 0.507. The third kappa shape index (κ3) is 3.48. The molecule has 0 fully saturated rings. The van der Waals surface area contributed by atoms with E-state index in [0.717, 1.165) is 17.1 Å². The molecule has 0 aliphatic carbocycles. The third-order valence-electron chi connectivity index (χ3n) is 2.55. The van der Waals surface area contributed by atoms with Crippen molar-refractivity contribution in [2.75, 3.05) is 19.5 Å². The number of nitrogens with one attached hydrogen (secondary N) is 1. The van der Waals surface area contributed by atoms with Gasteiger partial charge in [-0.15, -0.1) is 0 Å². The molecule has 0 aliphatic rings. The predicted molar refractivity (Wildman–Crippen MR) is 73.9 cm³/mol. The number of halogens is 1. The molecule has 0 saturated carbocycles. The summed E-state index contributed by atoms with van der Waals surface area (Å²) < 4.78 is 10.5. The fraction of sp³-hybridized carbons (Fsp3) is 0.231. The lowest BCUT2D eigenvalue weighted by Gasteiger charge is -2.11. The van der Waals surface area contributed by atoms with Crippen LogP contribution in [-0.2, 0) is 6.54 Å². The molecule has 0 spiro atoms. The molecule has 0 unspecified atom stereocenters. The zero-order chi connectivity index (χ0) is 13.7. The van der Waals surface area contributed by atoms with Crippen molar-refractivity contribution in [1.82, 2.24) is 9.97 Å². The quantitative estimate of drug-likeness (QED) is 0.912. The van der Waals surface area contributed by atoms with E-state index in [1.165, 1.54) is 0 Å². The highest BCUT2D eigenvalue weighted by Gasteiger charge is 2.05. The van der Waals surface area contributed by atoms with E-state index < -0.39 is 0 Å². The summed E-state index contributed by atoms with van der Waals surface area (Å²) in [5.41, 5.74) is 0.988. The molecule has 1 aromatic carbocycles. The van der Waals surface area contributed by atoms with Crippen molar-refractivity contribution in [3.63, 3.8) is 0 Å². The van der Waals surface area contributed by atoms with Crippen molar-refractivity contribution in [1.29, 1.82) is 0 Å². The molecule has 19 heavy (non-hydrogen) atoms. The van der Waals surface area contributed by atoms with Crippen LogP contribution in [0.15, 0.2) is 30.6 Å². The first-order valence-corrected chi connectivity index (χ1v) is 6.03. The fourth-order valence-electron chi connectivity index (χ4n) is 1.58. The van der Waals surface area contributed by atoms with E-state index in [0.29, 0.717) is 17.5 Å². The average Bonchev–Trinajstić information content (AvgIpc) is 2.46. The van der Waals surface area contributed by atoms with E-state index in [4.69, 9.17) is 21.1 Å². The fourth-order valence-corrected chi connectivity index (χ4v) is 1.67. The van der Waals surface area contributed by atoms with Crippen LogP contribution in [0.5, 0.6) is 11.5 Å². The van der Waals surface area contributed by atoms with Crippen LogP contribution in [0.1, 0.15) is 5.56 Å². The van der Waals surface area contributed by atoms with E-state index in [2.05, 4.69) is 15.3 Å². The van der Waals surface area contributed by atoms with Crippen LogP contribution in [0.25, 0.3) is 0 Å². The van der Waals surface area contributed by atoms with E-state index >= 15 is 0 Å². The molecule has 5 nitrogen and oxygen atoms in total. The highest BCUT2D eigenvalue weighted by Crippen LogP contribution is 2.24. The minimum atomic E-state index is 0.507. The molecular formula is C13H14ClN3O2. The summed E-state index contributed by atoms with van der Waals surface area (Å²) in [7, 11) is 3.24. The number of hydrogen-bond acceptors (Lipinski definition) is 5. The van der Waals surface area contributed by atoms with Gasteiger partial charge in [-0.1, -0.05) is 11.6 Å². The largest absolute Gasteiger partial charge is 0.497 e. The SMILES string of the molecule is COc1ccc(CNc2ncc(Cl)cn2)c(OC)c1. The summed E-state index contributed by atoms with van der Waals surface area (Å²) in [5.74, 6) is 2.02. The van der Waals surface area contributed by atoms with Gasteiger partial charge >= 0.3 is 0 Å². The molecular weight excluding hydrogens is 266 g/mol. The van der Waals surface area contributed by atoms with Gasteiger partial charge in [0.25, 0.3) is 0 Å². The van der Waals surface area contributed by atoms with Crippen molar-refractivity contribution in [3.8, 4) is 11.5 Å². The summed E-state index contributed by atoms with van der Waals surface area (Å²) in [4.78, 5) is 8.13. The number of aromatic nitrogens is 2. The maximum atomic E-state index is 5.72. The highest BCUT2D eigenvalue weighted by atomic mass is 35.5. The number of benzene rings is 1. The van der Waals surface area contributed by atoms with Crippen molar-refractivity contribution >= 4 is 17.5 Å². The van der Waals surface area contributed by atoms with Gasteiger partial charge in [0.05, 0.1) is 31.6 Å². The van der Waals surface area contributed by atoms with Crippen LogP contribution < -0.4 is 14.8 Å². The molecule has 100 valence electrons. The number of rotatable bonds is 5. The van der Waals surface area contributed by atoms with Crippen molar-refractivity contribution in [3.05, 3.63) is 41.2 Å². The molecule has 0 radical (unpaired) electrons. The van der Waals surface area contributed by atoms with Crippen LogP contribution in [0.4, 0.5) is 5.95 Å². The van der Waals surface area contributed by atoms with Gasteiger partial charge in [0, 0.05) is 18.2 Å². The van der Waals surface area contributed by atoms with E-state index in [1.54, 1.807) is 26.6 Å². The lowest BCUT2D eigenvalue weighted by atomic mass is 10.2. The average molecular weight is 280 g/mol. The van der Waals surface area contributed by atoms with Gasteiger partial charge in [0.2, 0.25) is 5.95 Å². The van der Waals surface area contributed by atoms with Crippen molar-refractivity contribution < 1.29 is 9.47 Å². The molecule has 0 amide bonds. The zero-order valence-electron chi connectivity index (χ0n) is 10.7. The molecule has 1 heterocycles. The summed E-state index contributed by atoms with van der Waals surface area (Å²) in [5, 5.41) is 3.61. The molecule has 1 N–H and O–H groups in total. The second-order valence-corrected chi connectivity index (χ2v) is 4.19. The van der Waals surface area contributed by atoms with Gasteiger partial charge in [0.1, 0.15) is 11.5 Å². The Kier molecular flexibility index (Phi) is 4.41. The van der Waals surface area contributed by atoms with Gasteiger partial charge in [-0.3, -0.25) is 0 Å². The van der Waals surface area contributed by atoms with E-state index in [1.807, 2.05) is 18.2 Å². The van der Waals surface area contributed by atoms with Crippen LogP contribution in [0.3, 0.4) is 0 Å². The lowest BCUT2D eigenvalue weighted by molar-refractivity contribution is 0.391. The zero-order valence-corrected chi connectivity index (χ0v) is 11.4. The Morgan fingerprint density at radius 2 is 1.89 bits per heavy atom. The Hall–Kier alpha value is -2.01. The first-order valence-electron chi connectivity index (χ1n) is 5.65. The minimum Gasteiger partial charge on any atom is -0.497 e. The molecule has 6 heteroatoms.